The molecule has 2 aromatic heterocycles. The quantitative estimate of drug-likeness (QED) is 0.647. The molecule has 33 heavy (non-hydrogen) atoms. The zero-order valence-corrected chi connectivity index (χ0v) is 18.9. The van der Waals surface area contributed by atoms with Crippen molar-refractivity contribution < 1.29 is 29.3 Å². The van der Waals surface area contributed by atoms with Gasteiger partial charge in [0.05, 0.1) is 6.54 Å². The number of cyclic esters (lactones) is 1. The molecule has 2 aromatic rings. The molecule has 10 nitrogen and oxygen atoms in total. The van der Waals surface area contributed by atoms with Crippen molar-refractivity contribution in [2.75, 3.05) is 39.3 Å². The molecule has 0 radical (unpaired) electrons. The largest absolute Gasteiger partial charge is 0.473 e. The SMILES string of the molecule is O=C(O)C(=O)O.O=C1OCCN1CCN1CCC(=C2c3sccc3CCn3ccnc32)CC1. The fraction of sp³-hybridized carbons (Fsp3) is 0.455. The molecule has 2 fully saturated rings. The Bertz CT molecular complexity index is 1010. The molecule has 176 valence electrons. The maximum Gasteiger partial charge on any atom is 0.414 e. The number of carbonyl (C=O) groups excluding carboxylic acids is 1. The van der Waals surface area contributed by atoms with Crippen LogP contribution in [0.2, 0.25) is 0 Å². The minimum atomic E-state index is -1.82. The highest BCUT2D eigenvalue weighted by Crippen LogP contribution is 2.38. The number of carboxylic acids is 2. The molecule has 0 aromatic carbocycles. The molecule has 5 rings (SSSR count). The van der Waals surface area contributed by atoms with E-state index in [1.807, 2.05) is 22.4 Å². The average Bonchev–Trinajstić information content (AvgIpc) is 3.53. The second-order valence-corrected chi connectivity index (χ2v) is 8.92. The predicted octanol–water partition coefficient (Wildman–Crippen LogP) is 2.01. The number of amides is 1. The molecule has 2 saturated heterocycles. The second-order valence-electron chi connectivity index (χ2n) is 8.00. The number of fused-ring (bicyclic) bond motifs is 2. The van der Waals surface area contributed by atoms with E-state index in [1.165, 1.54) is 21.6 Å². The zero-order valence-electron chi connectivity index (χ0n) is 18.1. The lowest BCUT2D eigenvalue weighted by Crippen LogP contribution is -2.38. The van der Waals surface area contributed by atoms with E-state index in [1.54, 1.807) is 0 Å². The normalized spacial score (nSPS) is 18.1. The molecule has 11 heteroatoms. The van der Waals surface area contributed by atoms with Gasteiger partial charge in [-0.25, -0.2) is 19.4 Å². The molecular formula is C22H26N4O6S. The number of piperidine rings is 1. The molecule has 3 aliphatic heterocycles. The van der Waals surface area contributed by atoms with Gasteiger partial charge >= 0.3 is 18.0 Å². The number of nitrogens with zero attached hydrogens (tertiary/aromatic N) is 4. The fourth-order valence-electron chi connectivity index (χ4n) is 4.32. The first-order valence-electron chi connectivity index (χ1n) is 10.8. The van der Waals surface area contributed by atoms with E-state index < -0.39 is 11.9 Å². The van der Waals surface area contributed by atoms with Gasteiger partial charge in [0.15, 0.2) is 0 Å². The number of aryl methyl sites for hydroxylation is 2. The van der Waals surface area contributed by atoms with Crippen molar-refractivity contribution in [3.8, 4) is 0 Å². The van der Waals surface area contributed by atoms with Crippen LogP contribution in [0.25, 0.3) is 5.57 Å². The minimum absolute atomic E-state index is 0.162. The number of carbonyl (C=O) groups is 3. The molecule has 2 N–H and O–H groups in total. The maximum atomic E-state index is 11.6. The van der Waals surface area contributed by atoms with Crippen molar-refractivity contribution in [1.82, 2.24) is 19.4 Å². The molecule has 0 aliphatic carbocycles. The number of aliphatic carboxylic acids is 2. The van der Waals surface area contributed by atoms with E-state index in [0.717, 1.165) is 64.4 Å². The van der Waals surface area contributed by atoms with Crippen LogP contribution in [-0.4, -0.2) is 86.9 Å². The fourth-order valence-corrected chi connectivity index (χ4v) is 5.36. The van der Waals surface area contributed by atoms with Crippen molar-refractivity contribution >= 4 is 34.9 Å². The molecule has 1 amide bonds. The summed E-state index contributed by atoms with van der Waals surface area (Å²) in [5.74, 6) is -2.51. The third kappa shape index (κ3) is 5.25. The molecular weight excluding hydrogens is 448 g/mol. The van der Waals surface area contributed by atoms with E-state index in [2.05, 4.69) is 27.1 Å². The van der Waals surface area contributed by atoms with Crippen molar-refractivity contribution in [2.45, 2.75) is 25.8 Å². The standard InChI is InChI=1S/C20H24N4O2S.C2H2O4/c25-20-24(12-13-26-20)11-10-22-6-1-15(2-7-22)17-18-16(4-14-27-18)3-8-23-9-5-21-19(17)23;3-1(4)2(5)6/h4-5,9,14H,1-3,6-8,10-13H2;(H,3,4)(H,5,6). The number of likely N-dealkylation sites (tertiary alicyclic amines) is 1. The second kappa shape index (κ2) is 10.2. The number of carboxylic acid groups (broad SMARTS) is 2. The molecule has 0 atom stereocenters. The first-order chi connectivity index (χ1) is 15.9. The average molecular weight is 475 g/mol. The minimum Gasteiger partial charge on any atom is -0.473 e. The van der Waals surface area contributed by atoms with Crippen LogP contribution >= 0.6 is 11.3 Å². The highest BCUT2D eigenvalue weighted by molar-refractivity contribution is 7.11. The van der Waals surface area contributed by atoms with E-state index in [9.17, 15) is 4.79 Å². The summed E-state index contributed by atoms with van der Waals surface area (Å²) >= 11 is 1.85. The van der Waals surface area contributed by atoms with Gasteiger partial charge in [-0.1, -0.05) is 5.57 Å². The van der Waals surface area contributed by atoms with Crippen LogP contribution in [0.15, 0.2) is 29.4 Å². The number of aromatic nitrogens is 2. The lowest BCUT2D eigenvalue weighted by atomic mass is 9.95. The molecule has 0 spiro atoms. The lowest BCUT2D eigenvalue weighted by Gasteiger charge is -2.30. The van der Waals surface area contributed by atoms with Gasteiger partial charge in [0.25, 0.3) is 0 Å². The Balaban J connectivity index is 0.000000385. The first-order valence-corrected chi connectivity index (χ1v) is 11.7. The van der Waals surface area contributed by atoms with Crippen LogP contribution in [0.5, 0.6) is 0 Å². The molecule has 5 heterocycles. The summed E-state index contributed by atoms with van der Waals surface area (Å²) in [5, 5.41) is 17.0. The summed E-state index contributed by atoms with van der Waals surface area (Å²) in [7, 11) is 0. The van der Waals surface area contributed by atoms with Crippen molar-refractivity contribution in [3.63, 3.8) is 0 Å². The van der Waals surface area contributed by atoms with E-state index in [4.69, 9.17) is 29.5 Å². The zero-order chi connectivity index (χ0) is 23.4. The van der Waals surface area contributed by atoms with Crippen LogP contribution in [0.3, 0.4) is 0 Å². The molecule has 0 bridgehead atoms. The van der Waals surface area contributed by atoms with Crippen molar-refractivity contribution in [1.29, 1.82) is 0 Å². The number of rotatable bonds is 3. The number of imidazole rings is 1. The Hall–Kier alpha value is -3.18. The summed E-state index contributed by atoms with van der Waals surface area (Å²) in [6.07, 6.45) is 7.10. The van der Waals surface area contributed by atoms with Crippen molar-refractivity contribution in [2.24, 2.45) is 0 Å². The lowest BCUT2D eigenvalue weighted by molar-refractivity contribution is -0.159. The van der Waals surface area contributed by atoms with Crippen LogP contribution in [0.4, 0.5) is 4.79 Å². The van der Waals surface area contributed by atoms with E-state index >= 15 is 0 Å². The van der Waals surface area contributed by atoms with Gasteiger partial charge in [0.1, 0.15) is 12.4 Å². The van der Waals surface area contributed by atoms with Gasteiger partial charge in [0, 0.05) is 55.6 Å². The van der Waals surface area contributed by atoms with E-state index in [-0.39, 0.29) is 6.09 Å². The predicted molar refractivity (Wildman–Crippen MR) is 120 cm³/mol. The summed E-state index contributed by atoms with van der Waals surface area (Å²) in [6.45, 7) is 6.05. The van der Waals surface area contributed by atoms with Gasteiger partial charge in [-0.3, -0.25) is 0 Å². The Labute approximate surface area is 194 Å². The summed E-state index contributed by atoms with van der Waals surface area (Å²) in [5.41, 5.74) is 4.37. The Morgan fingerprint density at radius 3 is 2.48 bits per heavy atom. The molecule has 0 unspecified atom stereocenters. The Kier molecular flexibility index (Phi) is 7.09. The van der Waals surface area contributed by atoms with Crippen LogP contribution < -0.4 is 0 Å². The van der Waals surface area contributed by atoms with Crippen molar-refractivity contribution in [3.05, 3.63) is 45.7 Å². The smallest absolute Gasteiger partial charge is 0.414 e. The Morgan fingerprint density at radius 2 is 1.82 bits per heavy atom. The van der Waals surface area contributed by atoms with Crippen LogP contribution in [-0.2, 0) is 27.3 Å². The van der Waals surface area contributed by atoms with Gasteiger partial charge in [-0.2, -0.15) is 0 Å². The molecule has 0 saturated carbocycles. The van der Waals surface area contributed by atoms with Crippen LogP contribution in [0.1, 0.15) is 29.1 Å². The Morgan fingerprint density at radius 1 is 1.06 bits per heavy atom. The summed E-state index contributed by atoms with van der Waals surface area (Å²) in [4.78, 5) is 40.2. The van der Waals surface area contributed by atoms with Gasteiger partial charge < -0.3 is 29.3 Å². The number of hydrogen-bond donors (Lipinski definition) is 2. The number of hydrogen-bond acceptors (Lipinski definition) is 7. The van der Waals surface area contributed by atoms with Gasteiger partial charge in [-0.15, -0.1) is 11.3 Å². The van der Waals surface area contributed by atoms with Gasteiger partial charge in [-0.05, 0) is 36.3 Å². The maximum absolute atomic E-state index is 11.6. The third-order valence-electron chi connectivity index (χ3n) is 6.06. The summed E-state index contributed by atoms with van der Waals surface area (Å²) < 4.78 is 7.32. The third-order valence-corrected chi connectivity index (χ3v) is 7.04. The highest BCUT2D eigenvalue weighted by atomic mass is 32.1. The van der Waals surface area contributed by atoms with Crippen LogP contribution in [0, 0.1) is 0 Å². The topological polar surface area (TPSA) is 125 Å². The summed E-state index contributed by atoms with van der Waals surface area (Å²) in [6, 6.07) is 2.28. The first kappa shape index (κ1) is 23.0. The number of ether oxygens (including phenoxy) is 1. The number of thiophene rings is 1. The molecule has 3 aliphatic rings. The van der Waals surface area contributed by atoms with E-state index in [0.29, 0.717) is 6.61 Å². The van der Waals surface area contributed by atoms with Gasteiger partial charge in [0.2, 0.25) is 0 Å². The highest BCUT2D eigenvalue weighted by Gasteiger charge is 2.27. The monoisotopic (exact) mass is 474 g/mol.